The number of carbonyl (C=O) groups is 2. The van der Waals surface area contributed by atoms with Gasteiger partial charge in [0.2, 0.25) is 0 Å². The summed E-state index contributed by atoms with van der Waals surface area (Å²) in [6.45, 7) is 5.35. The molecular weight excluding hydrogens is 352 g/mol. The molecular formula is C18H20N4O5. The number of nitrogens with one attached hydrogen (secondary N) is 2. The van der Waals surface area contributed by atoms with Crippen molar-refractivity contribution in [3.63, 3.8) is 0 Å². The summed E-state index contributed by atoms with van der Waals surface area (Å²) in [6.07, 6.45) is -0.869. The average molecular weight is 372 g/mol. The summed E-state index contributed by atoms with van der Waals surface area (Å²) in [5.74, 6) is -0.724. The molecule has 0 saturated heterocycles. The van der Waals surface area contributed by atoms with E-state index in [-0.39, 0.29) is 16.9 Å². The van der Waals surface area contributed by atoms with Crippen LogP contribution in [0.3, 0.4) is 0 Å². The van der Waals surface area contributed by atoms with Gasteiger partial charge in [0.1, 0.15) is 11.4 Å². The number of anilines is 1. The highest BCUT2D eigenvalue weighted by Gasteiger charge is 2.19. The topological polar surface area (TPSA) is 137 Å². The third kappa shape index (κ3) is 4.72. The van der Waals surface area contributed by atoms with Crippen molar-refractivity contribution >= 4 is 23.2 Å². The zero-order chi connectivity index (χ0) is 20.1. The molecule has 1 atom stereocenters. The number of rotatable bonds is 5. The van der Waals surface area contributed by atoms with Crippen LogP contribution in [-0.2, 0) is 4.79 Å². The zero-order valence-corrected chi connectivity index (χ0v) is 15.1. The molecule has 1 unspecified atom stereocenters. The minimum atomic E-state index is -0.869. The second-order valence-electron chi connectivity index (χ2n) is 5.93. The molecule has 0 bridgehead atoms. The molecule has 0 aliphatic carbocycles. The van der Waals surface area contributed by atoms with Gasteiger partial charge >= 0.3 is 0 Å². The van der Waals surface area contributed by atoms with Crippen LogP contribution in [0.25, 0.3) is 0 Å². The van der Waals surface area contributed by atoms with Gasteiger partial charge in [-0.2, -0.15) is 0 Å². The molecule has 0 radical (unpaired) electrons. The molecule has 0 aliphatic heterocycles. The van der Waals surface area contributed by atoms with Crippen molar-refractivity contribution in [1.29, 1.82) is 0 Å². The number of hydrazine groups is 1. The summed E-state index contributed by atoms with van der Waals surface area (Å²) in [5.41, 5.74) is 11.4. The highest BCUT2D eigenvalue weighted by molar-refractivity contribution is 5.97. The van der Waals surface area contributed by atoms with Gasteiger partial charge in [0, 0.05) is 11.6 Å². The number of amides is 2. The fourth-order valence-electron chi connectivity index (χ4n) is 2.23. The lowest BCUT2D eigenvalue weighted by Crippen LogP contribution is -2.47. The number of nitro benzene ring substituents is 1. The number of aryl methyl sites for hydroxylation is 1. The molecule has 0 aliphatic rings. The van der Waals surface area contributed by atoms with Crippen LogP contribution in [0, 0.1) is 24.0 Å². The number of hydrogen-bond acceptors (Lipinski definition) is 6. The Labute approximate surface area is 155 Å². The predicted molar refractivity (Wildman–Crippen MR) is 99.1 cm³/mol. The Morgan fingerprint density at radius 1 is 1.19 bits per heavy atom. The van der Waals surface area contributed by atoms with Gasteiger partial charge < -0.3 is 10.5 Å². The van der Waals surface area contributed by atoms with Crippen LogP contribution < -0.4 is 21.3 Å². The maximum absolute atomic E-state index is 12.1. The van der Waals surface area contributed by atoms with E-state index in [1.165, 1.54) is 19.1 Å². The van der Waals surface area contributed by atoms with E-state index in [0.717, 1.165) is 17.2 Å². The second kappa shape index (κ2) is 8.17. The Bertz CT molecular complexity index is 897. The highest BCUT2D eigenvalue weighted by Crippen LogP contribution is 2.23. The number of ether oxygens (including phenoxy) is 1. The summed E-state index contributed by atoms with van der Waals surface area (Å²) < 4.78 is 5.62. The Balaban J connectivity index is 1.98. The molecule has 27 heavy (non-hydrogen) atoms. The van der Waals surface area contributed by atoms with Crippen molar-refractivity contribution in [2.45, 2.75) is 26.9 Å². The molecule has 2 aromatic rings. The first-order valence-electron chi connectivity index (χ1n) is 8.07. The minimum Gasteiger partial charge on any atom is -0.481 e. The summed E-state index contributed by atoms with van der Waals surface area (Å²) >= 11 is 0. The van der Waals surface area contributed by atoms with Crippen molar-refractivity contribution in [1.82, 2.24) is 10.9 Å². The lowest BCUT2D eigenvalue weighted by molar-refractivity contribution is -0.383. The number of benzene rings is 2. The largest absolute Gasteiger partial charge is 0.481 e. The van der Waals surface area contributed by atoms with Gasteiger partial charge in [-0.1, -0.05) is 12.1 Å². The Morgan fingerprint density at radius 2 is 1.89 bits per heavy atom. The Hall–Kier alpha value is -3.62. The van der Waals surface area contributed by atoms with Crippen LogP contribution >= 0.6 is 0 Å². The highest BCUT2D eigenvalue weighted by atomic mass is 16.6. The standard InChI is InChI=1S/C18H20N4O5/c1-10-5-4-6-16(11(10)2)27-12(3)17(23)20-21-18(24)13-7-8-14(19)15(9-13)22(25)26/h4-9,12H,19H2,1-3H3,(H,20,23)(H,21,24). The first-order chi connectivity index (χ1) is 12.7. The maximum atomic E-state index is 12.1. The summed E-state index contributed by atoms with van der Waals surface area (Å²) in [6, 6.07) is 9.10. The van der Waals surface area contributed by atoms with E-state index in [0.29, 0.717) is 5.75 Å². The number of carbonyl (C=O) groups excluding carboxylic acids is 2. The molecule has 2 amide bonds. The van der Waals surface area contributed by atoms with Crippen molar-refractivity contribution in [3.8, 4) is 5.75 Å². The number of nitrogen functional groups attached to an aromatic ring is 1. The molecule has 4 N–H and O–H groups in total. The fourth-order valence-corrected chi connectivity index (χ4v) is 2.23. The van der Waals surface area contributed by atoms with Crippen LogP contribution in [0.2, 0.25) is 0 Å². The van der Waals surface area contributed by atoms with E-state index < -0.39 is 22.8 Å². The van der Waals surface area contributed by atoms with Crippen molar-refractivity contribution in [2.75, 3.05) is 5.73 Å². The van der Waals surface area contributed by atoms with E-state index in [2.05, 4.69) is 10.9 Å². The molecule has 2 rings (SSSR count). The molecule has 9 heteroatoms. The van der Waals surface area contributed by atoms with E-state index in [4.69, 9.17) is 10.5 Å². The summed E-state index contributed by atoms with van der Waals surface area (Å²) in [7, 11) is 0. The first-order valence-corrected chi connectivity index (χ1v) is 8.07. The lowest BCUT2D eigenvalue weighted by atomic mass is 10.1. The van der Waals surface area contributed by atoms with Crippen LogP contribution in [0.5, 0.6) is 5.75 Å². The molecule has 0 fully saturated rings. The SMILES string of the molecule is Cc1cccc(OC(C)C(=O)NNC(=O)c2ccc(N)c([N+](=O)[O-])c2)c1C. The van der Waals surface area contributed by atoms with Crippen molar-refractivity contribution < 1.29 is 19.2 Å². The van der Waals surface area contributed by atoms with E-state index >= 15 is 0 Å². The normalized spacial score (nSPS) is 11.4. The van der Waals surface area contributed by atoms with E-state index in [1.807, 2.05) is 26.0 Å². The van der Waals surface area contributed by atoms with E-state index in [9.17, 15) is 19.7 Å². The smallest absolute Gasteiger partial charge is 0.292 e. The maximum Gasteiger partial charge on any atom is 0.292 e. The number of hydrogen-bond donors (Lipinski definition) is 3. The van der Waals surface area contributed by atoms with Gasteiger partial charge in [-0.15, -0.1) is 0 Å². The average Bonchev–Trinajstić information content (AvgIpc) is 2.63. The van der Waals surface area contributed by atoms with Crippen LogP contribution in [-0.4, -0.2) is 22.8 Å². The predicted octanol–water partition coefficient (Wildman–Crippen LogP) is 2.02. The third-order valence-corrected chi connectivity index (χ3v) is 4.02. The molecule has 0 spiro atoms. The van der Waals surface area contributed by atoms with Gasteiger partial charge in [0.05, 0.1) is 4.92 Å². The Kier molecular flexibility index (Phi) is 5.96. The van der Waals surface area contributed by atoms with Crippen LogP contribution in [0.4, 0.5) is 11.4 Å². The quantitative estimate of drug-likeness (QED) is 0.417. The van der Waals surface area contributed by atoms with E-state index in [1.54, 1.807) is 6.07 Å². The third-order valence-electron chi connectivity index (χ3n) is 4.02. The summed E-state index contributed by atoms with van der Waals surface area (Å²) in [5, 5.41) is 10.9. The molecule has 0 heterocycles. The number of nitrogens with zero attached hydrogens (tertiary/aromatic N) is 1. The van der Waals surface area contributed by atoms with Crippen molar-refractivity contribution in [3.05, 3.63) is 63.2 Å². The van der Waals surface area contributed by atoms with Gasteiger partial charge in [-0.3, -0.25) is 30.6 Å². The second-order valence-corrected chi connectivity index (χ2v) is 5.93. The lowest BCUT2D eigenvalue weighted by Gasteiger charge is -2.17. The number of nitro groups is 1. The van der Waals surface area contributed by atoms with Crippen LogP contribution in [0.15, 0.2) is 36.4 Å². The fraction of sp³-hybridized carbons (Fsp3) is 0.222. The summed E-state index contributed by atoms with van der Waals surface area (Å²) in [4.78, 5) is 34.4. The molecule has 2 aromatic carbocycles. The van der Waals surface area contributed by atoms with Gasteiger partial charge in [0.25, 0.3) is 17.5 Å². The first kappa shape index (κ1) is 19.7. The molecule has 0 aromatic heterocycles. The minimum absolute atomic E-state index is 0.0145. The molecule has 142 valence electrons. The van der Waals surface area contributed by atoms with Gasteiger partial charge in [-0.25, -0.2) is 0 Å². The van der Waals surface area contributed by atoms with Crippen LogP contribution in [0.1, 0.15) is 28.4 Å². The van der Waals surface area contributed by atoms with Gasteiger partial charge in [-0.05, 0) is 50.1 Å². The molecule has 9 nitrogen and oxygen atoms in total. The van der Waals surface area contributed by atoms with Crippen molar-refractivity contribution in [2.24, 2.45) is 0 Å². The Morgan fingerprint density at radius 3 is 2.56 bits per heavy atom. The van der Waals surface area contributed by atoms with Gasteiger partial charge in [0.15, 0.2) is 6.10 Å². The monoisotopic (exact) mass is 372 g/mol. The number of nitrogens with two attached hydrogens (primary N) is 1. The molecule has 0 saturated carbocycles. The zero-order valence-electron chi connectivity index (χ0n) is 15.1.